The molecular formula is C27H28F6N2O3S. The van der Waals surface area contributed by atoms with Gasteiger partial charge < -0.3 is 9.64 Å². The lowest BCUT2D eigenvalue weighted by atomic mass is 9.88. The van der Waals surface area contributed by atoms with Crippen LogP contribution in [0.25, 0.3) is 0 Å². The van der Waals surface area contributed by atoms with E-state index in [4.69, 9.17) is 4.74 Å². The highest BCUT2D eigenvalue weighted by Gasteiger charge is 2.41. The molecule has 0 fully saturated rings. The van der Waals surface area contributed by atoms with E-state index in [2.05, 4.69) is 0 Å². The van der Waals surface area contributed by atoms with Gasteiger partial charge in [-0.1, -0.05) is 17.8 Å². The van der Waals surface area contributed by atoms with E-state index in [-0.39, 0.29) is 24.7 Å². The molecule has 2 aromatic rings. The van der Waals surface area contributed by atoms with Crippen LogP contribution in [0.15, 0.2) is 30.3 Å². The Morgan fingerprint density at radius 1 is 1.00 bits per heavy atom. The van der Waals surface area contributed by atoms with Crippen molar-refractivity contribution in [3.8, 4) is 0 Å². The molecule has 0 unspecified atom stereocenters. The molecule has 1 aliphatic heterocycles. The van der Waals surface area contributed by atoms with Gasteiger partial charge in [-0.15, -0.1) is 0 Å². The minimum atomic E-state index is -5.00. The summed E-state index contributed by atoms with van der Waals surface area (Å²) in [4.78, 5) is 28.9. The van der Waals surface area contributed by atoms with Gasteiger partial charge in [-0.3, -0.25) is 9.69 Å². The molecule has 39 heavy (non-hydrogen) atoms. The molecule has 2 aliphatic rings. The van der Waals surface area contributed by atoms with Gasteiger partial charge in [0.1, 0.15) is 0 Å². The van der Waals surface area contributed by atoms with Crippen molar-refractivity contribution in [3.63, 3.8) is 0 Å². The van der Waals surface area contributed by atoms with Gasteiger partial charge in [0.05, 0.1) is 29.5 Å². The molecule has 0 bridgehead atoms. The molecular weight excluding hydrogens is 546 g/mol. The van der Waals surface area contributed by atoms with Crippen LogP contribution >= 0.6 is 11.8 Å². The molecule has 1 heterocycles. The van der Waals surface area contributed by atoms with Gasteiger partial charge in [0.2, 0.25) is 0 Å². The Balaban J connectivity index is 1.83. The average molecular weight is 575 g/mol. The second-order valence-corrected chi connectivity index (χ2v) is 10.5. The summed E-state index contributed by atoms with van der Waals surface area (Å²) in [6, 6.07) is 4.04. The SMILES string of the molecule is CCOC(=O)N1c2cc3c(cc2[C@@H](N(Cc2cc(C(F)(F)F)cc(C(F)(F)F)c2)C(=O)SC)C[C@H]1C)CCC3. The van der Waals surface area contributed by atoms with E-state index in [1.165, 1.54) is 16.1 Å². The molecule has 2 amide bonds. The van der Waals surface area contributed by atoms with Crippen LogP contribution in [-0.4, -0.2) is 35.1 Å². The van der Waals surface area contributed by atoms with Gasteiger partial charge >= 0.3 is 18.4 Å². The second-order valence-electron chi connectivity index (χ2n) is 9.71. The summed E-state index contributed by atoms with van der Waals surface area (Å²) in [5.74, 6) is 0. The first-order valence-electron chi connectivity index (χ1n) is 12.5. The highest BCUT2D eigenvalue weighted by molar-refractivity contribution is 8.12. The summed E-state index contributed by atoms with van der Waals surface area (Å²) < 4.78 is 86.3. The third kappa shape index (κ3) is 6.00. The number of hydrogen-bond acceptors (Lipinski definition) is 4. The van der Waals surface area contributed by atoms with Gasteiger partial charge in [-0.25, -0.2) is 4.79 Å². The number of fused-ring (bicyclic) bond motifs is 2. The van der Waals surface area contributed by atoms with Crippen LogP contribution in [0, 0.1) is 0 Å². The van der Waals surface area contributed by atoms with Gasteiger partial charge in [0.25, 0.3) is 5.24 Å². The van der Waals surface area contributed by atoms with Gasteiger partial charge in [-0.05, 0) is 92.3 Å². The van der Waals surface area contributed by atoms with Crippen molar-refractivity contribution in [2.75, 3.05) is 17.8 Å². The molecule has 0 saturated heterocycles. The van der Waals surface area contributed by atoms with Crippen molar-refractivity contribution in [1.82, 2.24) is 4.90 Å². The van der Waals surface area contributed by atoms with Crippen LogP contribution in [0.5, 0.6) is 0 Å². The maximum absolute atomic E-state index is 13.5. The van der Waals surface area contributed by atoms with E-state index in [1.807, 2.05) is 12.1 Å². The Labute approximate surface area is 226 Å². The minimum absolute atomic E-state index is 0.0722. The summed E-state index contributed by atoms with van der Waals surface area (Å²) in [7, 11) is 0. The second kappa shape index (κ2) is 10.9. The number of carbonyl (C=O) groups is 2. The Morgan fingerprint density at radius 2 is 1.59 bits per heavy atom. The van der Waals surface area contributed by atoms with Crippen molar-refractivity contribution in [2.24, 2.45) is 0 Å². The molecule has 0 radical (unpaired) electrons. The fraction of sp³-hybridized carbons (Fsp3) is 0.481. The highest BCUT2D eigenvalue weighted by Crippen LogP contribution is 2.45. The van der Waals surface area contributed by atoms with Gasteiger partial charge in [-0.2, -0.15) is 26.3 Å². The van der Waals surface area contributed by atoms with Crippen molar-refractivity contribution in [2.45, 2.75) is 70.5 Å². The van der Waals surface area contributed by atoms with Crippen molar-refractivity contribution in [3.05, 3.63) is 63.7 Å². The number of alkyl halides is 6. The number of amides is 2. The monoisotopic (exact) mass is 574 g/mol. The van der Waals surface area contributed by atoms with Crippen LogP contribution in [0.1, 0.15) is 66.1 Å². The maximum atomic E-state index is 13.5. The van der Waals surface area contributed by atoms with Crippen LogP contribution < -0.4 is 4.90 Å². The molecule has 2 atom stereocenters. The summed E-state index contributed by atoms with van der Waals surface area (Å²) in [5, 5.41) is -0.505. The zero-order chi connectivity index (χ0) is 28.7. The number of nitrogens with zero attached hydrogens (tertiary/aromatic N) is 2. The normalized spacial score (nSPS) is 18.9. The predicted octanol–water partition coefficient (Wildman–Crippen LogP) is 7.99. The smallest absolute Gasteiger partial charge is 0.416 e. The zero-order valence-electron chi connectivity index (χ0n) is 21.6. The van der Waals surface area contributed by atoms with E-state index in [1.54, 1.807) is 13.8 Å². The first kappa shape index (κ1) is 29.1. The summed E-state index contributed by atoms with van der Waals surface area (Å²) in [5.41, 5.74) is 0.102. The largest absolute Gasteiger partial charge is 0.449 e. The molecule has 212 valence electrons. The molecule has 12 heteroatoms. The van der Waals surface area contributed by atoms with E-state index >= 15 is 0 Å². The number of benzene rings is 2. The number of anilines is 1. The third-order valence-corrected chi connectivity index (χ3v) is 7.70. The lowest BCUT2D eigenvalue weighted by molar-refractivity contribution is -0.143. The molecule has 4 rings (SSSR count). The summed E-state index contributed by atoms with van der Waals surface area (Å²) >= 11 is 0.819. The Kier molecular flexibility index (Phi) is 8.16. The van der Waals surface area contributed by atoms with E-state index < -0.39 is 53.4 Å². The topological polar surface area (TPSA) is 49.9 Å². The molecule has 0 saturated carbocycles. The van der Waals surface area contributed by atoms with Gasteiger partial charge in [0.15, 0.2) is 0 Å². The number of halogens is 6. The fourth-order valence-electron chi connectivity index (χ4n) is 5.39. The third-order valence-electron chi connectivity index (χ3n) is 7.12. The molecule has 2 aromatic carbocycles. The number of carbonyl (C=O) groups excluding carboxylic acids is 2. The Morgan fingerprint density at radius 3 is 2.13 bits per heavy atom. The minimum Gasteiger partial charge on any atom is -0.449 e. The lowest BCUT2D eigenvalue weighted by Crippen LogP contribution is -2.47. The first-order chi connectivity index (χ1) is 18.2. The van der Waals surface area contributed by atoms with Crippen LogP contribution in [0.3, 0.4) is 0 Å². The standard InChI is InChI=1S/C27H28F6N2O3S/c1-4-38-24(36)35-15(2)8-22(21-11-17-6-5-7-18(17)12-23(21)35)34(25(37)39-3)14-16-9-19(26(28,29)30)13-20(10-16)27(31,32)33/h9-13,15,22H,4-8,14H2,1-3H3/t15-,22+/m1/s1. The zero-order valence-corrected chi connectivity index (χ0v) is 22.4. The lowest BCUT2D eigenvalue weighted by Gasteiger charge is -2.43. The molecule has 0 N–H and O–H groups in total. The van der Waals surface area contributed by atoms with Crippen molar-refractivity contribution >= 4 is 28.8 Å². The quantitative estimate of drug-likeness (QED) is 0.348. The first-order valence-corrected chi connectivity index (χ1v) is 13.7. The number of aryl methyl sites for hydroxylation is 2. The van der Waals surface area contributed by atoms with E-state index in [9.17, 15) is 35.9 Å². The van der Waals surface area contributed by atoms with Crippen LogP contribution in [-0.2, 0) is 36.5 Å². The van der Waals surface area contributed by atoms with E-state index in [0.717, 1.165) is 42.2 Å². The fourth-order valence-corrected chi connectivity index (χ4v) is 5.82. The maximum Gasteiger partial charge on any atom is 0.416 e. The Hall–Kier alpha value is -2.89. The summed E-state index contributed by atoms with van der Waals surface area (Å²) in [6.45, 7) is 3.13. The van der Waals surface area contributed by atoms with Crippen LogP contribution in [0.2, 0.25) is 0 Å². The van der Waals surface area contributed by atoms with Gasteiger partial charge in [0, 0.05) is 12.6 Å². The number of thioether (sulfide) groups is 1. The van der Waals surface area contributed by atoms with Crippen molar-refractivity contribution in [1.29, 1.82) is 0 Å². The number of ether oxygens (including phenoxy) is 1. The Bertz CT molecular complexity index is 1230. The molecule has 5 nitrogen and oxygen atoms in total. The molecule has 0 aromatic heterocycles. The average Bonchev–Trinajstić information content (AvgIpc) is 3.31. The molecule has 0 spiro atoms. The van der Waals surface area contributed by atoms with Crippen LogP contribution in [0.4, 0.5) is 41.6 Å². The number of hydrogen-bond donors (Lipinski definition) is 0. The van der Waals surface area contributed by atoms with E-state index in [0.29, 0.717) is 23.4 Å². The molecule has 1 aliphatic carbocycles. The summed E-state index contributed by atoms with van der Waals surface area (Å²) in [6.07, 6.45) is -6.31. The predicted molar refractivity (Wildman–Crippen MR) is 136 cm³/mol. The number of rotatable bonds is 4. The highest BCUT2D eigenvalue weighted by atomic mass is 32.2. The van der Waals surface area contributed by atoms with Crippen molar-refractivity contribution < 1.29 is 40.7 Å².